The summed E-state index contributed by atoms with van der Waals surface area (Å²) in [4.78, 5) is 0. The van der Waals surface area contributed by atoms with Crippen molar-refractivity contribution >= 4 is 0 Å². The number of aliphatic hydroxyl groups excluding tert-OH is 1. The van der Waals surface area contributed by atoms with Crippen LogP contribution in [0.1, 0.15) is 46.0 Å². The summed E-state index contributed by atoms with van der Waals surface area (Å²) in [6.07, 6.45) is 4.65. The molecule has 0 heterocycles. The lowest BCUT2D eigenvalue weighted by Gasteiger charge is -2.24. The Morgan fingerprint density at radius 1 is 1.27 bits per heavy atom. The molecule has 2 N–H and O–H groups in total. The first-order chi connectivity index (χ1) is 7.12. The van der Waals surface area contributed by atoms with Crippen LogP contribution in [0.4, 0.5) is 0 Å². The van der Waals surface area contributed by atoms with Crippen molar-refractivity contribution in [3.05, 3.63) is 0 Å². The van der Waals surface area contributed by atoms with Crippen molar-refractivity contribution in [2.75, 3.05) is 19.7 Å². The van der Waals surface area contributed by atoms with Crippen molar-refractivity contribution in [2.45, 2.75) is 46.0 Å². The van der Waals surface area contributed by atoms with Crippen molar-refractivity contribution in [3.8, 4) is 6.07 Å². The number of nitrogens with one attached hydrogen (secondary N) is 1. The van der Waals surface area contributed by atoms with E-state index in [1.54, 1.807) is 0 Å². The van der Waals surface area contributed by atoms with E-state index in [0.29, 0.717) is 6.42 Å². The van der Waals surface area contributed by atoms with Crippen LogP contribution in [0.5, 0.6) is 0 Å². The number of aliphatic hydroxyl groups is 1. The Hall–Kier alpha value is -0.590. The number of rotatable bonds is 9. The molecule has 0 saturated carbocycles. The second-order valence-corrected chi connectivity index (χ2v) is 4.78. The fourth-order valence-corrected chi connectivity index (χ4v) is 1.53. The molecular formula is C12H24N2O. The predicted molar refractivity (Wildman–Crippen MR) is 62.4 cm³/mol. The van der Waals surface area contributed by atoms with Crippen LogP contribution >= 0.6 is 0 Å². The Bertz CT molecular complexity index is 185. The van der Waals surface area contributed by atoms with Gasteiger partial charge in [-0.05, 0) is 37.6 Å². The molecule has 0 rings (SSSR count). The molecule has 0 fully saturated rings. The number of nitriles is 1. The number of hydrogen-bond acceptors (Lipinski definition) is 3. The van der Waals surface area contributed by atoms with E-state index in [2.05, 4.69) is 25.2 Å². The van der Waals surface area contributed by atoms with Gasteiger partial charge in [0, 0.05) is 19.6 Å². The molecular weight excluding hydrogens is 188 g/mol. The quantitative estimate of drug-likeness (QED) is 0.575. The molecule has 0 aromatic carbocycles. The third-order valence-corrected chi connectivity index (χ3v) is 2.51. The van der Waals surface area contributed by atoms with Gasteiger partial charge >= 0.3 is 0 Å². The van der Waals surface area contributed by atoms with Crippen molar-refractivity contribution in [3.63, 3.8) is 0 Å². The molecule has 0 aromatic rings. The summed E-state index contributed by atoms with van der Waals surface area (Å²) in [6.45, 7) is 6.69. The fourth-order valence-electron chi connectivity index (χ4n) is 1.53. The third-order valence-electron chi connectivity index (χ3n) is 2.51. The molecule has 0 aliphatic heterocycles. The van der Waals surface area contributed by atoms with E-state index >= 15 is 0 Å². The van der Waals surface area contributed by atoms with Crippen LogP contribution in [-0.2, 0) is 0 Å². The van der Waals surface area contributed by atoms with E-state index in [-0.39, 0.29) is 12.0 Å². The zero-order valence-electron chi connectivity index (χ0n) is 10.1. The van der Waals surface area contributed by atoms with Gasteiger partial charge in [-0.15, -0.1) is 0 Å². The zero-order valence-corrected chi connectivity index (χ0v) is 10.1. The number of unbranched alkanes of at least 4 members (excludes halogenated alkanes) is 2. The molecule has 3 heteroatoms. The van der Waals surface area contributed by atoms with Crippen LogP contribution in [0.2, 0.25) is 0 Å². The average molecular weight is 212 g/mol. The molecule has 0 unspecified atom stereocenters. The van der Waals surface area contributed by atoms with Gasteiger partial charge in [-0.2, -0.15) is 5.26 Å². The summed E-state index contributed by atoms with van der Waals surface area (Å²) in [7, 11) is 0. The largest absolute Gasteiger partial charge is 0.396 e. The van der Waals surface area contributed by atoms with Crippen LogP contribution in [0, 0.1) is 16.7 Å². The standard InChI is InChI=1S/C12H24N2O/c1-12(2,7-6-10-15)11-14-9-5-3-4-8-13/h14-15H,3-7,9-11H2,1-2H3. The molecule has 0 bridgehead atoms. The molecule has 0 radical (unpaired) electrons. The van der Waals surface area contributed by atoms with Gasteiger partial charge in [0.25, 0.3) is 0 Å². The first-order valence-electron chi connectivity index (χ1n) is 5.81. The van der Waals surface area contributed by atoms with E-state index in [9.17, 15) is 0 Å². The minimum atomic E-state index is 0.262. The lowest BCUT2D eigenvalue weighted by molar-refractivity contribution is 0.236. The first-order valence-corrected chi connectivity index (χ1v) is 5.81. The summed E-state index contributed by atoms with van der Waals surface area (Å²) in [5, 5.41) is 20.5. The van der Waals surface area contributed by atoms with Crippen LogP contribution in [0.25, 0.3) is 0 Å². The normalized spacial score (nSPS) is 11.3. The molecule has 15 heavy (non-hydrogen) atoms. The van der Waals surface area contributed by atoms with Crippen LogP contribution in [0.15, 0.2) is 0 Å². The molecule has 88 valence electrons. The van der Waals surface area contributed by atoms with E-state index in [1.807, 2.05) is 0 Å². The Kier molecular flexibility index (Phi) is 8.35. The second-order valence-electron chi connectivity index (χ2n) is 4.78. The smallest absolute Gasteiger partial charge is 0.0621 e. The van der Waals surface area contributed by atoms with Gasteiger partial charge in [-0.1, -0.05) is 13.8 Å². The molecule has 0 atom stereocenters. The lowest BCUT2D eigenvalue weighted by atomic mass is 9.88. The van der Waals surface area contributed by atoms with E-state index in [4.69, 9.17) is 10.4 Å². The minimum absolute atomic E-state index is 0.262. The van der Waals surface area contributed by atoms with Gasteiger partial charge in [0.05, 0.1) is 6.07 Å². The van der Waals surface area contributed by atoms with Gasteiger partial charge in [0.1, 0.15) is 0 Å². The maximum Gasteiger partial charge on any atom is 0.0621 e. The van der Waals surface area contributed by atoms with Gasteiger partial charge in [-0.3, -0.25) is 0 Å². The third kappa shape index (κ3) is 9.71. The van der Waals surface area contributed by atoms with Gasteiger partial charge in [-0.25, -0.2) is 0 Å². The van der Waals surface area contributed by atoms with Crippen molar-refractivity contribution in [2.24, 2.45) is 5.41 Å². The van der Waals surface area contributed by atoms with E-state index in [0.717, 1.165) is 38.8 Å². The van der Waals surface area contributed by atoms with Crippen LogP contribution in [0.3, 0.4) is 0 Å². The highest BCUT2D eigenvalue weighted by Gasteiger charge is 2.15. The minimum Gasteiger partial charge on any atom is -0.396 e. The van der Waals surface area contributed by atoms with Crippen LogP contribution in [-0.4, -0.2) is 24.8 Å². The highest BCUT2D eigenvalue weighted by atomic mass is 16.2. The maximum absolute atomic E-state index is 8.75. The Morgan fingerprint density at radius 3 is 2.60 bits per heavy atom. The lowest BCUT2D eigenvalue weighted by Crippen LogP contribution is -2.30. The molecule has 0 aromatic heterocycles. The van der Waals surface area contributed by atoms with Gasteiger partial charge < -0.3 is 10.4 Å². The predicted octanol–water partition coefficient (Wildman–Crippen LogP) is 2.07. The van der Waals surface area contributed by atoms with E-state index in [1.165, 1.54) is 0 Å². The SMILES string of the molecule is CC(C)(CCCO)CNCCCCC#N. The van der Waals surface area contributed by atoms with Crippen molar-refractivity contribution in [1.82, 2.24) is 5.32 Å². The van der Waals surface area contributed by atoms with Crippen molar-refractivity contribution in [1.29, 1.82) is 5.26 Å². The topological polar surface area (TPSA) is 56.0 Å². The molecule has 0 aliphatic rings. The van der Waals surface area contributed by atoms with Gasteiger partial charge in [0.15, 0.2) is 0 Å². The summed E-state index contributed by atoms with van der Waals surface area (Å²) in [5.41, 5.74) is 0.262. The summed E-state index contributed by atoms with van der Waals surface area (Å²) >= 11 is 0. The number of hydrogen-bond donors (Lipinski definition) is 2. The van der Waals surface area contributed by atoms with Crippen LogP contribution < -0.4 is 5.32 Å². The summed E-state index contributed by atoms with van der Waals surface area (Å²) in [6, 6.07) is 2.15. The Morgan fingerprint density at radius 2 is 2.00 bits per heavy atom. The maximum atomic E-state index is 8.75. The second kappa shape index (κ2) is 8.70. The number of nitrogens with zero attached hydrogens (tertiary/aromatic N) is 1. The molecule has 0 aliphatic carbocycles. The first kappa shape index (κ1) is 14.4. The zero-order chi connectivity index (χ0) is 11.6. The van der Waals surface area contributed by atoms with Crippen molar-refractivity contribution < 1.29 is 5.11 Å². The Labute approximate surface area is 93.5 Å². The molecule has 0 saturated heterocycles. The molecule has 0 amide bonds. The monoisotopic (exact) mass is 212 g/mol. The Balaban J connectivity index is 3.36. The molecule has 3 nitrogen and oxygen atoms in total. The summed E-state index contributed by atoms with van der Waals surface area (Å²) in [5.74, 6) is 0. The highest BCUT2D eigenvalue weighted by molar-refractivity contribution is 4.72. The molecule has 0 spiro atoms. The fraction of sp³-hybridized carbons (Fsp3) is 0.917. The van der Waals surface area contributed by atoms with E-state index < -0.39 is 0 Å². The highest BCUT2D eigenvalue weighted by Crippen LogP contribution is 2.20. The summed E-state index contributed by atoms with van der Waals surface area (Å²) < 4.78 is 0. The average Bonchev–Trinajstić information content (AvgIpc) is 2.20. The van der Waals surface area contributed by atoms with Gasteiger partial charge in [0.2, 0.25) is 0 Å².